The van der Waals surface area contributed by atoms with Gasteiger partial charge in [0.2, 0.25) is 0 Å². The zero-order chi connectivity index (χ0) is 11.8. The van der Waals surface area contributed by atoms with Gasteiger partial charge in [0.05, 0.1) is 0 Å². The lowest BCUT2D eigenvalue weighted by molar-refractivity contribution is 0.203. The molecule has 2 atom stereocenters. The minimum absolute atomic E-state index is 0.0926. The Morgan fingerprint density at radius 2 is 2.24 bits per heavy atom. The van der Waals surface area contributed by atoms with Gasteiger partial charge in [-0.2, -0.15) is 0 Å². The second-order valence-corrected chi connectivity index (χ2v) is 5.39. The van der Waals surface area contributed by atoms with Crippen molar-refractivity contribution in [3.8, 4) is 0 Å². The maximum Gasteiger partial charge on any atom is 0.127 e. The number of hydrogen-bond donors (Lipinski definition) is 1. The van der Waals surface area contributed by atoms with Crippen LogP contribution in [-0.2, 0) is 13.1 Å². The first kappa shape index (κ1) is 11.2. The van der Waals surface area contributed by atoms with Gasteiger partial charge < -0.3 is 5.73 Å². The number of nitrogens with two attached hydrogens (primary N) is 1. The molecule has 2 aliphatic rings. The maximum absolute atomic E-state index is 13.7. The molecule has 0 amide bonds. The third-order valence-corrected chi connectivity index (χ3v) is 4.24. The average molecular weight is 234 g/mol. The summed E-state index contributed by atoms with van der Waals surface area (Å²) in [7, 11) is 0. The molecule has 2 bridgehead atoms. The van der Waals surface area contributed by atoms with Crippen LogP contribution < -0.4 is 5.73 Å². The number of benzene rings is 1. The minimum Gasteiger partial charge on any atom is -0.326 e. The SMILES string of the molecule is NCc1ccc(F)c(CN2CC3CCC2C3)c1. The summed E-state index contributed by atoms with van der Waals surface area (Å²) in [5.74, 6) is 0.769. The van der Waals surface area contributed by atoms with Gasteiger partial charge in [0.25, 0.3) is 0 Å². The van der Waals surface area contributed by atoms with Crippen molar-refractivity contribution < 1.29 is 4.39 Å². The van der Waals surface area contributed by atoms with Crippen LogP contribution in [-0.4, -0.2) is 17.5 Å². The van der Waals surface area contributed by atoms with Crippen molar-refractivity contribution in [1.29, 1.82) is 0 Å². The van der Waals surface area contributed by atoms with Crippen molar-refractivity contribution in [2.75, 3.05) is 6.54 Å². The zero-order valence-electron chi connectivity index (χ0n) is 10.0. The maximum atomic E-state index is 13.7. The van der Waals surface area contributed by atoms with Crippen LogP contribution in [0.25, 0.3) is 0 Å². The lowest BCUT2D eigenvalue weighted by atomic mass is 10.1. The molecule has 1 heterocycles. The summed E-state index contributed by atoms with van der Waals surface area (Å²) in [6.07, 6.45) is 3.98. The smallest absolute Gasteiger partial charge is 0.127 e. The highest BCUT2D eigenvalue weighted by Gasteiger charge is 2.37. The molecule has 1 saturated heterocycles. The summed E-state index contributed by atoms with van der Waals surface area (Å²) < 4.78 is 13.7. The Labute approximate surface area is 102 Å². The van der Waals surface area contributed by atoms with Crippen LogP contribution in [0.3, 0.4) is 0 Å². The molecule has 1 aromatic carbocycles. The summed E-state index contributed by atoms with van der Waals surface area (Å²) >= 11 is 0. The quantitative estimate of drug-likeness (QED) is 0.869. The highest BCUT2D eigenvalue weighted by atomic mass is 19.1. The number of rotatable bonds is 3. The van der Waals surface area contributed by atoms with E-state index in [1.54, 1.807) is 12.1 Å². The highest BCUT2D eigenvalue weighted by Crippen LogP contribution is 2.38. The topological polar surface area (TPSA) is 29.3 Å². The van der Waals surface area contributed by atoms with Crippen LogP contribution in [0.5, 0.6) is 0 Å². The molecule has 2 N–H and O–H groups in total. The van der Waals surface area contributed by atoms with Crippen LogP contribution in [0.15, 0.2) is 18.2 Å². The summed E-state index contributed by atoms with van der Waals surface area (Å²) in [5.41, 5.74) is 7.43. The summed E-state index contributed by atoms with van der Waals surface area (Å²) in [5, 5.41) is 0. The van der Waals surface area contributed by atoms with Crippen LogP contribution in [0.4, 0.5) is 4.39 Å². The van der Waals surface area contributed by atoms with E-state index in [1.807, 2.05) is 6.07 Å². The van der Waals surface area contributed by atoms with E-state index in [-0.39, 0.29) is 5.82 Å². The predicted molar refractivity (Wildman–Crippen MR) is 65.8 cm³/mol. The monoisotopic (exact) mass is 234 g/mol. The van der Waals surface area contributed by atoms with Gasteiger partial charge >= 0.3 is 0 Å². The largest absolute Gasteiger partial charge is 0.326 e. The van der Waals surface area contributed by atoms with Gasteiger partial charge in [-0.3, -0.25) is 4.90 Å². The van der Waals surface area contributed by atoms with Gasteiger partial charge in [-0.1, -0.05) is 12.1 Å². The Kier molecular flexibility index (Phi) is 2.89. The number of piperidine rings is 1. The molecule has 1 saturated carbocycles. The molecule has 0 aromatic heterocycles. The fraction of sp³-hybridized carbons (Fsp3) is 0.571. The predicted octanol–water partition coefficient (Wildman–Crippen LogP) is 2.27. The fourth-order valence-corrected chi connectivity index (χ4v) is 3.32. The molecular formula is C14H19FN2. The molecule has 2 unspecified atom stereocenters. The normalized spacial score (nSPS) is 27.9. The Hall–Kier alpha value is -0.930. The lowest BCUT2D eigenvalue weighted by Gasteiger charge is -2.27. The molecule has 17 heavy (non-hydrogen) atoms. The molecule has 1 aromatic rings. The number of hydrogen-bond acceptors (Lipinski definition) is 2. The minimum atomic E-state index is -0.0926. The van der Waals surface area contributed by atoms with E-state index in [9.17, 15) is 4.39 Å². The molecule has 2 fully saturated rings. The molecule has 1 aliphatic carbocycles. The molecule has 2 nitrogen and oxygen atoms in total. The summed E-state index contributed by atoms with van der Waals surface area (Å²) in [4.78, 5) is 2.44. The van der Waals surface area contributed by atoms with E-state index in [0.29, 0.717) is 12.6 Å². The van der Waals surface area contributed by atoms with Crippen LogP contribution in [0.1, 0.15) is 30.4 Å². The Morgan fingerprint density at radius 1 is 1.35 bits per heavy atom. The van der Waals surface area contributed by atoms with E-state index in [1.165, 1.54) is 19.3 Å². The molecule has 0 radical (unpaired) electrons. The Morgan fingerprint density at radius 3 is 2.88 bits per heavy atom. The van der Waals surface area contributed by atoms with E-state index in [2.05, 4.69) is 4.90 Å². The van der Waals surface area contributed by atoms with E-state index in [4.69, 9.17) is 5.73 Å². The van der Waals surface area contributed by atoms with Gasteiger partial charge in [0.1, 0.15) is 5.82 Å². The number of fused-ring (bicyclic) bond motifs is 2. The Bertz CT molecular complexity index is 419. The fourth-order valence-electron chi connectivity index (χ4n) is 3.32. The van der Waals surface area contributed by atoms with Crippen molar-refractivity contribution >= 4 is 0 Å². The first-order chi connectivity index (χ1) is 8.26. The van der Waals surface area contributed by atoms with Crippen LogP contribution >= 0.6 is 0 Å². The second-order valence-electron chi connectivity index (χ2n) is 5.39. The zero-order valence-corrected chi connectivity index (χ0v) is 10.0. The molecule has 1 aliphatic heterocycles. The average Bonchev–Trinajstić information content (AvgIpc) is 2.94. The van der Waals surface area contributed by atoms with Crippen LogP contribution in [0.2, 0.25) is 0 Å². The van der Waals surface area contributed by atoms with Crippen molar-refractivity contribution in [3.63, 3.8) is 0 Å². The van der Waals surface area contributed by atoms with E-state index in [0.717, 1.165) is 30.1 Å². The lowest BCUT2D eigenvalue weighted by Crippen LogP contribution is -2.31. The van der Waals surface area contributed by atoms with Gasteiger partial charge in [0.15, 0.2) is 0 Å². The molecule has 92 valence electrons. The van der Waals surface area contributed by atoms with Gasteiger partial charge in [0, 0.05) is 31.2 Å². The summed E-state index contributed by atoms with van der Waals surface area (Å²) in [6, 6.07) is 5.93. The Balaban J connectivity index is 1.76. The van der Waals surface area contributed by atoms with Crippen molar-refractivity contribution in [2.45, 2.75) is 38.4 Å². The molecule has 0 spiro atoms. The third kappa shape index (κ3) is 2.09. The summed E-state index contributed by atoms with van der Waals surface area (Å²) in [6.45, 7) is 2.39. The van der Waals surface area contributed by atoms with Gasteiger partial charge in [-0.15, -0.1) is 0 Å². The molecule has 3 heteroatoms. The second kappa shape index (κ2) is 4.39. The first-order valence-electron chi connectivity index (χ1n) is 6.47. The van der Waals surface area contributed by atoms with E-state index < -0.39 is 0 Å². The number of likely N-dealkylation sites (tertiary alicyclic amines) is 1. The van der Waals surface area contributed by atoms with Crippen molar-refractivity contribution in [1.82, 2.24) is 4.90 Å². The molecule has 3 rings (SSSR count). The third-order valence-electron chi connectivity index (χ3n) is 4.24. The van der Waals surface area contributed by atoms with Gasteiger partial charge in [-0.05, 0) is 36.8 Å². The van der Waals surface area contributed by atoms with Crippen LogP contribution in [0, 0.1) is 11.7 Å². The molecular weight excluding hydrogens is 215 g/mol. The highest BCUT2D eigenvalue weighted by molar-refractivity contribution is 5.25. The van der Waals surface area contributed by atoms with E-state index >= 15 is 0 Å². The number of halogens is 1. The van der Waals surface area contributed by atoms with Crippen molar-refractivity contribution in [3.05, 3.63) is 35.1 Å². The first-order valence-corrected chi connectivity index (χ1v) is 6.47. The standard InChI is InChI=1S/C14H19FN2/c15-14-4-2-10(7-16)5-12(14)9-17-8-11-1-3-13(17)6-11/h2,4-5,11,13H,1,3,6-9,16H2. The van der Waals surface area contributed by atoms with Gasteiger partial charge in [-0.25, -0.2) is 4.39 Å². The number of nitrogens with zero attached hydrogens (tertiary/aromatic N) is 1. The van der Waals surface area contributed by atoms with Crippen molar-refractivity contribution in [2.24, 2.45) is 11.7 Å².